The number of rotatable bonds is 4. The Morgan fingerprint density at radius 1 is 1.04 bits per heavy atom. The Morgan fingerprint density at radius 2 is 1.83 bits per heavy atom. The van der Waals surface area contributed by atoms with Crippen molar-refractivity contribution < 1.29 is 13.6 Å². The number of halogens is 2. The molecule has 0 atom stereocenters. The Balaban J connectivity index is 1.70. The highest BCUT2D eigenvalue weighted by Crippen LogP contribution is 2.15. The molecule has 1 aromatic heterocycles. The molecule has 3 rings (SSSR count). The van der Waals surface area contributed by atoms with Crippen LogP contribution in [0.25, 0.3) is 5.69 Å². The summed E-state index contributed by atoms with van der Waals surface area (Å²) >= 11 is 0. The number of aromatic nitrogens is 3. The number of para-hydroxylation sites is 1. The van der Waals surface area contributed by atoms with Crippen LogP contribution in [0, 0.1) is 11.6 Å². The minimum atomic E-state index is -1.08. The van der Waals surface area contributed by atoms with Crippen LogP contribution in [-0.2, 0) is 0 Å². The molecule has 8 heteroatoms. The average Bonchev–Trinajstić information content (AvgIpc) is 3.07. The molecule has 0 bridgehead atoms. The Hall–Kier alpha value is -3.29. The van der Waals surface area contributed by atoms with Crippen molar-refractivity contribution in [3.8, 4) is 5.69 Å². The number of carbonyl (C=O) groups excluding carboxylic acids is 1. The average molecular weight is 315 g/mol. The molecular formula is C15H11F2N5O. The smallest absolute Gasteiger partial charge is 0.291 e. The molecule has 0 radical (unpaired) electrons. The molecule has 0 spiro atoms. The number of hydrazine groups is 1. The maximum atomic E-state index is 13.5. The van der Waals surface area contributed by atoms with Crippen LogP contribution in [0.4, 0.5) is 14.5 Å². The van der Waals surface area contributed by atoms with Crippen molar-refractivity contribution >= 4 is 11.6 Å². The number of nitrogens with one attached hydrogen (secondary N) is 2. The van der Waals surface area contributed by atoms with E-state index in [0.717, 1.165) is 11.8 Å². The molecule has 2 aromatic carbocycles. The van der Waals surface area contributed by atoms with E-state index in [1.165, 1.54) is 23.0 Å². The minimum absolute atomic E-state index is 0.0261. The van der Waals surface area contributed by atoms with Crippen LogP contribution < -0.4 is 10.9 Å². The molecule has 1 amide bonds. The van der Waals surface area contributed by atoms with Crippen LogP contribution in [0.1, 0.15) is 10.5 Å². The second kappa shape index (κ2) is 6.22. The van der Waals surface area contributed by atoms with E-state index in [1.807, 2.05) is 18.2 Å². The first-order valence-corrected chi connectivity index (χ1v) is 6.63. The van der Waals surface area contributed by atoms with Gasteiger partial charge in [0.2, 0.25) is 0 Å². The monoisotopic (exact) mass is 315 g/mol. The van der Waals surface area contributed by atoms with Gasteiger partial charge in [-0.1, -0.05) is 29.5 Å². The van der Waals surface area contributed by atoms with E-state index in [4.69, 9.17) is 0 Å². The third-order valence-electron chi connectivity index (χ3n) is 3.01. The number of nitrogens with zero attached hydrogens (tertiary/aromatic N) is 3. The normalized spacial score (nSPS) is 10.3. The molecule has 0 aliphatic heterocycles. The van der Waals surface area contributed by atoms with Gasteiger partial charge in [-0.25, -0.2) is 13.5 Å². The van der Waals surface area contributed by atoms with Gasteiger partial charge in [-0.15, -0.1) is 5.10 Å². The molecule has 0 unspecified atom stereocenters. The zero-order chi connectivity index (χ0) is 16.2. The number of anilines is 1. The Bertz CT molecular complexity index is 835. The van der Waals surface area contributed by atoms with Gasteiger partial charge in [-0.05, 0) is 24.3 Å². The van der Waals surface area contributed by atoms with E-state index in [-0.39, 0.29) is 11.4 Å². The van der Waals surface area contributed by atoms with Gasteiger partial charge in [0, 0.05) is 0 Å². The first-order valence-electron chi connectivity index (χ1n) is 6.63. The fourth-order valence-corrected chi connectivity index (χ4v) is 1.86. The highest BCUT2D eigenvalue weighted by molar-refractivity contribution is 5.92. The summed E-state index contributed by atoms with van der Waals surface area (Å²) in [7, 11) is 0. The standard InChI is InChI=1S/C15H11F2N5O/c16-11-7-4-8-12(14(11)17)18-20-15(23)13-9-22(21-19-13)10-5-2-1-3-6-10/h1-9,18H,(H,20,23). The molecule has 2 N–H and O–H groups in total. The molecule has 3 aromatic rings. The largest absolute Gasteiger partial charge is 0.295 e. The van der Waals surface area contributed by atoms with E-state index in [9.17, 15) is 13.6 Å². The molecule has 0 aliphatic carbocycles. The van der Waals surface area contributed by atoms with Gasteiger partial charge in [0.15, 0.2) is 17.3 Å². The molecule has 6 nitrogen and oxygen atoms in total. The highest BCUT2D eigenvalue weighted by atomic mass is 19.2. The molecule has 0 saturated heterocycles. The van der Waals surface area contributed by atoms with Crippen LogP contribution in [0.2, 0.25) is 0 Å². The van der Waals surface area contributed by atoms with E-state index in [0.29, 0.717) is 0 Å². The van der Waals surface area contributed by atoms with E-state index >= 15 is 0 Å². The molecule has 0 fully saturated rings. The lowest BCUT2D eigenvalue weighted by molar-refractivity contribution is 0.0957. The van der Waals surface area contributed by atoms with E-state index < -0.39 is 17.5 Å². The van der Waals surface area contributed by atoms with Crippen molar-refractivity contribution in [3.05, 3.63) is 72.1 Å². The van der Waals surface area contributed by atoms with Gasteiger partial charge in [-0.3, -0.25) is 15.6 Å². The lowest BCUT2D eigenvalue weighted by Crippen LogP contribution is -2.30. The third kappa shape index (κ3) is 3.15. The first-order chi connectivity index (χ1) is 11.1. The van der Waals surface area contributed by atoms with Crippen molar-refractivity contribution in [2.45, 2.75) is 0 Å². The van der Waals surface area contributed by atoms with Gasteiger partial charge in [0.05, 0.1) is 17.6 Å². The molecule has 1 heterocycles. The minimum Gasteiger partial charge on any atom is -0.295 e. The Kier molecular flexibility index (Phi) is 3.96. The molecular weight excluding hydrogens is 304 g/mol. The summed E-state index contributed by atoms with van der Waals surface area (Å²) in [5, 5.41) is 7.58. The summed E-state index contributed by atoms with van der Waals surface area (Å²) in [5.74, 6) is -2.73. The SMILES string of the molecule is O=C(NNc1cccc(F)c1F)c1cn(-c2ccccc2)nn1. The molecule has 0 aliphatic rings. The fraction of sp³-hybridized carbons (Fsp3) is 0. The van der Waals surface area contributed by atoms with E-state index in [2.05, 4.69) is 21.2 Å². The fourth-order valence-electron chi connectivity index (χ4n) is 1.86. The summed E-state index contributed by atoms with van der Waals surface area (Å²) in [6.45, 7) is 0. The van der Waals surface area contributed by atoms with Gasteiger partial charge < -0.3 is 0 Å². The van der Waals surface area contributed by atoms with Crippen molar-refractivity contribution in [1.82, 2.24) is 20.4 Å². The number of hydrogen-bond donors (Lipinski definition) is 2. The van der Waals surface area contributed by atoms with Crippen molar-refractivity contribution in [2.75, 3.05) is 5.43 Å². The van der Waals surface area contributed by atoms with Gasteiger partial charge in [0.1, 0.15) is 0 Å². The second-order valence-electron chi connectivity index (χ2n) is 4.56. The van der Waals surface area contributed by atoms with Crippen molar-refractivity contribution in [2.24, 2.45) is 0 Å². The van der Waals surface area contributed by atoms with Gasteiger partial charge in [-0.2, -0.15) is 0 Å². The van der Waals surface area contributed by atoms with Crippen LogP contribution in [0.5, 0.6) is 0 Å². The Labute approximate surface area is 129 Å². The summed E-state index contributed by atoms with van der Waals surface area (Å²) in [4.78, 5) is 12.0. The molecule has 0 saturated carbocycles. The summed E-state index contributed by atoms with van der Waals surface area (Å²) in [6, 6.07) is 12.7. The predicted molar refractivity (Wildman–Crippen MR) is 78.8 cm³/mol. The second-order valence-corrected chi connectivity index (χ2v) is 4.56. The van der Waals surface area contributed by atoms with Gasteiger partial charge in [0.25, 0.3) is 5.91 Å². The maximum absolute atomic E-state index is 13.5. The van der Waals surface area contributed by atoms with Crippen molar-refractivity contribution in [3.63, 3.8) is 0 Å². The summed E-state index contributed by atoms with van der Waals surface area (Å²) in [5.41, 5.74) is 5.12. The Morgan fingerprint density at radius 3 is 2.61 bits per heavy atom. The lowest BCUT2D eigenvalue weighted by atomic mass is 10.3. The van der Waals surface area contributed by atoms with Crippen LogP contribution in [-0.4, -0.2) is 20.9 Å². The number of hydrogen-bond acceptors (Lipinski definition) is 4. The van der Waals surface area contributed by atoms with Crippen LogP contribution >= 0.6 is 0 Å². The zero-order valence-electron chi connectivity index (χ0n) is 11.7. The van der Waals surface area contributed by atoms with Crippen molar-refractivity contribution in [1.29, 1.82) is 0 Å². The van der Waals surface area contributed by atoms with Crippen LogP contribution in [0.3, 0.4) is 0 Å². The summed E-state index contributed by atoms with van der Waals surface area (Å²) < 4.78 is 28.0. The summed E-state index contributed by atoms with van der Waals surface area (Å²) in [6.07, 6.45) is 1.42. The maximum Gasteiger partial charge on any atom is 0.291 e. The topological polar surface area (TPSA) is 71.8 Å². The number of amides is 1. The first kappa shape index (κ1) is 14.6. The molecule has 23 heavy (non-hydrogen) atoms. The lowest BCUT2D eigenvalue weighted by Gasteiger charge is -2.08. The molecule has 116 valence electrons. The zero-order valence-corrected chi connectivity index (χ0v) is 11.7. The predicted octanol–water partition coefficient (Wildman–Crippen LogP) is 2.30. The van der Waals surface area contributed by atoms with E-state index in [1.54, 1.807) is 12.1 Å². The highest BCUT2D eigenvalue weighted by Gasteiger charge is 2.13. The van der Waals surface area contributed by atoms with Gasteiger partial charge >= 0.3 is 0 Å². The number of benzene rings is 2. The van der Waals surface area contributed by atoms with Crippen LogP contribution in [0.15, 0.2) is 54.7 Å². The third-order valence-corrected chi connectivity index (χ3v) is 3.01. The quantitative estimate of drug-likeness (QED) is 0.725. The number of carbonyl (C=O) groups is 1.